The molecule has 3 heterocycles. The topological polar surface area (TPSA) is 33.5 Å². The standard InChI is InChI=1S/C72H74N4O/c1-68(2,3)52-29-32-61-62-33-31-59(46-65(62)76(64(61)42-52)67-44-54(35-36-73-67)72(12,13)51-27-21-16-22-28-51)77-60-41-56(70(7,8)9)40-58(45-60)74-47-75(57-38-49(48-23-17-14-18-24-48)37-55(39-57)69(4,5)6)66-43-53(30-34-63(66)74)71(10,11)50-25-19-15-20-26-50/h14-46H,47H2,1-13H3. The van der Waals surface area contributed by atoms with Crippen molar-refractivity contribution < 1.29 is 4.74 Å². The molecule has 388 valence electrons. The Morgan fingerprint density at radius 2 is 0.883 bits per heavy atom. The Labute approximate surface area is 457 Å². The summed E-state index contributed by atoms with van der Waals surface area (Å²) in [5, 5.41) is 2.34. The summed E-state index contributed by atoms with van der Waals surface area (Å²) < 4.78 is 9.52. The van der Waals surface area contributed by atoms with Crippen LogP contribution in [-0.2, 0) is 27.1 Å². The molecule has 0 bridgehead atoms. The molecule has 0 unspecified atom stereocenters. The molecule has 0 amide bonds. The van der Waals surface area contributed by atoms with Gasteiger partial charge in [0.25, 0.3) is 0 Å². The summed E-state index contributed by atoms with van der Waals surface area (Å²) >= 11 is 0. The summed E-state index contributed by atoms with van der Waals surface area (Å²) in [6, 6.07) is 71.5. The second-order valence-corrected chi connectivity index (χ2v) is 25.5. The van der Waals surface area contributed by atoms with Gasteiger partial charge in [-0.15, -0.1) is 0 Å². The van der Waals surface area contributed by atoms with Crippen LogP contribution in [0.4, 0.5) is 22.7 Å². The van der Waals surface area contributed by atoms with E-state index in [1.54, 1.807) is 0 Å². The fourth-order valence-electron chi connectivity index (χ4n) is 11.2. The van der Waals surface area contributed by atoms with Crippen molar-refractivity contribution in [1.29, 1.82) is 0 Å². The van der Waals surface area contributed by atoms with Crippen molar-refractivity contribution in [3.05, 3.63) is 239 Å². The van der Waals surface area contributed by atoms with Gasteiger partial charge in [0.05, 0.1) is 22.4 Å². The first-order valence-electron chi connectivity index (χ1n) is 27.4. The van der Waals surface area contributed by atoms with E-state index in [9.17, 15) is 0 Å². The molecule has 77 heavy (non-hydrogen) atoms. The molecule has 0 atom stereocenters. The maximum Gasteiger partial charge on any atom is 0.137 e. The quantitative estimate of drug-likeness (QED) is 0.137. The molecule has 0 saturated carbocycles. The van der Waals surface area contributed by atoms with Gasteiger partial charge >= 0.3 is 0 Å². The lowest BCUT2D eigenvalue weighted by Gasteiger charge is -2.28. The van der Waals surface area contributed by atoms with Gasteiger partial charge in [-0.3, -0.25) is 4.57 Å². The summed E-state index contributed by atoms with van der Waals surface area (Å²) in [6.07, 6.45) is 1.96. The lowest BCUT2D eigenvalue weighted by Crippen LogP contribution is -2.25. The fourth-order valence-corrected chi connectivity index (χ4v) is 11.2. The third-order valence-corrected chi connectivity index (χ3v) is 16.4. The third kappa shape index (κ3) is 9.71. The van der Waals surface area contributed by atoms with E-state index in [1.807, 2.05) is 6.20 Å². The molecule has 0 fully saturated rings. The first-order chi connectivity index (χ1) is 36.5. The minimum Gasteiger partial charge on any atom is -0.457 e. The van der Waals surface area contributed by atoms with Gasteiger partial charge < -0.3 is 14.5 Å². The predicted octanol–water partition coefficient (Wildman–Crippen LogP) is 19.4. The number of anilines is 4. The SMILES string of the molecule is CC(C)(C)c1cc(Oc2ccc3c4ccc(C(C)(C)C)cc4n(-c4cc(C(C)(C)c5ccccc5)ccn4)c3c2)cc(N2CN(c3cc(-c4ccccc4)cc(C(C)(C)C)c3)c3cc(C(C)(C)c4ccccc4)ccc32)c1. The molecular weight excluding hydrogens is 937 g/mol. The Morgan fingerprint density at radius 3 is 1.49 bits per heavy atom. The molecular formula is C72H74N4O. The maximum absolute atomic E-state index is 7.18. The van der Waals surface area contributed by atoms with Crippen molar-refractivity contribution in [3.63, 3.8) is 0 Å². The van der Waals surface area contributed by atoms with E-state index < -0.39 is 0 Å². The molecule has 1 aliphatic heterocycles. The average Bonchev–Trinajstić information content (AvgIpc) is 4.03. The van der Waals surface area contributed by atoms with Crippen LogP contribution in [0, 0.1) is 0 Å². The minimum atomic E-state index is -0.242. The molecule has 11 rings (SSSR count). The molecule has 5 nitrogen and oxygen atoms in total. The number of hydrogen-bond acceptors (Lipinski definition) is 4. The summed E-state index contributed by atoms with van der Waals surface area (Å²) in [5.74, 6) is 2.43. The van der Waals surface area contributed by atoms with Crippen LogP contribution < -0.4 is 14.5 Å². The molecule has 0 radical (unpaired) electrons. The lowest BCUT2D eigenvalue weighted by molar-refractivity contribution is 0.479. The van der Waals surface area contributed by atoms with E-state index in [0.29, 0.717) is 6.67 Å². The van der Waals surface area contributed by atoms with Gasteiger partial charge in [0.15, 0.2) is 0 Å². The lowest BCUT2D eigenvalue weighted by atomic mass is 9.78. The van der Waals surface area contributed by atoms with Crippen molar-refractivity contribution in [2.24, 2.45) is 0 Å². The van der Waals surface area contributed by atoms with E-state index in [-0.39, 0.29) is 27.1 Å². The number of fused-ring (bicyclic) bond motifs is 4. The highest BCUT2D eigenvalue weighted by Gasteiger charge is 2.34. The zero-order valence-corrected chi connectivity index (χ0v) is 47.5. The zero-order valence-electron chi connectivity index (χ0n) is 47.5. The monoisotopic (exact) mass is 1010 g/mol. The van der Waals surface area contributed by atoms with E-state index in [1.165, 1.54) is 66.8 Å². The number of aromatic nitrogens is 2. The molecule has 0 N–H and O–H groups in total. The zero-order chi connectivity index (χ0) is 54.2. The molecule has 10 aromatic rings. The van der Waals surface area contributed by atoms with E-state index in [2.05, 4.69) is 298 Å². The third-order valence-electron chi connectivity index (χ3n) is 16.4. The normalized spacial score (nSPS) is 13.4. The molecule has 0 saturated heterocycles. The van der Waals surface area contributed by atoms with E-state index >= 15 is 0 Å². The Balaban J connectivity index is 1.05. The number of benzene rings is 8. The predicted molar refractivity (Wildman–Crippen MR) is 326 cm³/mol. The summed E-state index contributed by atoms with van der Waals surface area (Å²) in [6.45, 7) is 30.5. The number of pyridine rings is 1. The first-order valence-corrected chi connectivity index (χ1v) is 27.4. The van der Waals surface area contributed by atoms with Crippen LogP contribution in [0.2, 0.25) is 0 Å². The Morgan fingerprint density at radius 1 is 0.364 bits per heavy atom. The van der Waals surface area contributed by atoms with Gasteiger partial charge in [-0.1, -0.05) is 205 Å². The van der Waals surface area contributed by atoms with Crippen LogP contribution in [0.25, 0.3) is 38.8 Å². The number of hydrogen-bond donors (Lipinski definition) is 0. The van der Waals surface area contributed by atoms with Crippen LogP contribution in [0.5, 0.6) is 11.5 Å². The number of ether oxygens (including phenoxy) is 1. The van der Waals surface area contributed by atoms with Gasteiger partial charge in [0.2, 0.25) is 0 Å². The van der Waals surface area contributed by atoms with E-state index in [4.69, 9.17) is 9.72 Å². The van der Waals surface area contributed by atoms with Crippen LogP contribution in [-0.4, -0.2) is 16.2 Å². The maximum atomic E-state index is 7.18. The van der Waals surface area contributed by atoms with Crippen molar-refractivity contribution in [2.75, 3.05) is 16.5 Å². The number of rotatable bonds is 10. The van der Waals surface area contributed by atoms with Gasteiger partial charge in [-0.2, -0.15) is 0 Å². The second kappa shape index (κ2) is 19.0. The van der Waals surface area contributed by atoms with Crippen LogP contribution in [0.3, 0.4) is 0 Å². The smallest absolute Gasteiger partial charge is 0.137 e. The molecule has 1 aliphatic rings. The van der Waals surface area contributed by atoms with Crippen LogP contribution in [0.1, 0.15) is 129 Å². The van der Waals surface area contributed by atoms with Gasteiger partial charge in [-0.25, -0.2) is 4.98 Å². The van der Waals surface area contributed by atoms with Gasteiger partial charge in [0.1, 0.15) is 24.0 Å². The van der Waals surface area contributed by atoms with Crippen LogP contribution in [0.15, 0.2) is 200 Å². The van der Waals surface area contributed by atoms with Gasteiger partial charge in [-0.05, 0) is 133 Å². The summed E-state index contributed by atoms with van der Waals surface area (Å²) in [7, 11) is 0. The highest BCUT2D eigenvalue weighted by molar-refractivity contribution is 6.09. The molecule has 5 heteroatoms. The number of nitrogens with zero attached hydrogens (tertiary/aromatic N) is 4. The highest BCUT2D eigenvalue weighted by Crippen LogP contribution is 2.50. The average molecular weight is 1010 g/mol. The van der Waals surface area contributed by atoms with Crippen molar-refractivity contribution in [3.8, 4) is 28.4 Å². The fraction of sp³-hybridized carbons (Fsp3) is 0.264. The van der Waals surface area contributed by atoms with Crippen molar-refractivity contribution in [2.45, 2.75) is 117 Å². The Kier molecular flexibility index (Phi) is 12.6. The van der Waals surface area contributed by atoms with Crippen LogP contribution >= 0.6 is 0 Å². The van der Waals surface area contributed by atoms with Crippen molar-refractivity contribution >= 4 is 44.6 Å². The first kappa shape index (κ1) is 51.2. The highest BCUT2D eigenvalue weighted by atomic mass is 16.5. The molecule has 0 aliphatic carbocycles. The molecule has 0 spiro atoms. The molecule has 8 aromatic carbocycles. The van der Waals surface area contributed by atoms with E-state index in [0.717, 1.165) is 45.1 Å². The van der Waals surface area contributed by atoms with Crippen molar-refractivity contribution in [1.82, 2.24) is 9.55 Å². The Bertz CT molecular complexity index is 3810. The Hall–Kier alpha value is -7.89. The van der Waals surface area contributed by atoms with Gasteiger partial charge in [0, 0.05) is 51.3 Å². The summed E-state index contributed by atoms with van der Waals surface area (Å²) in [4.78, 5) is 10.1. The summed E-state index contributed by atoms with van der Waals surface area (Å²) in [5.41, 5.74) is 17.2. The molecule has 2 aromatic heterocycles. The largest absolute Gasteiger partial charge is 0.457 e. The minimum absolute atomic E-state index is 0.0421. The second-order valence-electron chi connectivity index (χ2n) is 25.5.